The van der Waals surface area contributed by atoms with Gasteiger partial charge >= 0.3 is 12.1 Å². The molecule has 1 fully saturated rings. The summed E-state index contributed by atoms with van der Waals surface area (Å²) in [6.07, 6.45) is -1.26. The molecule has 102 valence electrons. The van der Waals surface area contributed by atoms with Crippen LogP contribution in [0.25, 0.3) is 0 Å². The summed E-state index contributed by atoms with van der Waals surface area (Å²) < 4.78 is 5.26. The monoisotopic (exact) mass is 263 g/mol. The van der Waals surface area contributed by atoms with E-state index in [1.54, 1.807) is 24.3 Å². The van der Waals surface area contributed by atoms with Crippen LogP contribution in [0, 0.1) is 5.92 Å². The van der Waals surface area contributed by atoms with Gasteiger partial charge in [0.25, 0.3) is 0 Å². The first-order chi connectivity index (χ1) is 9.06. The maximum absolute atomic E-state index is 11.9. The topological polar surface area (TPSA) is 66.8 Å². The molecular formula is C14H17NO4. The number of nitrogens with zero attached hydrogens (tertiary/aromatic N) is 1. The molecule has 1 aromatic carbocycles. The van der Waals surface area contributed by atoms with Gasteiger partial charge in [-0.1, -0.05) is 50.6 Å². The van der Waals surface area contributed by atoms with E-state index in [0.717, 1.165) is 4.90 Å². The Bertz CT molecular complexity index is 474. The van der Waals surface area contributed by atoms with Gasteiger partial charge in [-0.2, -0.15) is 0 Å². The standard InChI is InChI=1S/C14H17NO4/c1-3-9(2)11-13(16)19-12(15(11)14(17)18)10-7-5-4-6-8-10/h4-9,11-12H,3H2,1-2H3,(H,17,18). The molecule has 0 radical (unpaired) electrons. The number of carbonyl (C=O) groups excluding carboxylic acids is 1. The summed E-state index contributed by atoms with van der Waals surface area (Å²) in [6, 6.07) is 8.20. The van der Waals surface area contributed by atoms with E-state index in [0.29, 0.717) is 12.0 Å². The van der Waals surface area contributed by atoms with Crippen molar-refractivity contribution >= 4 is 12.1 Å². The number of esters is 1. The Morgan fingerprint density at radius 3 is 2.58 bits per heavy atom. The summed E-state index contributed by atoms with van der Waals surface area (Å²) in [5.41, 5.74) is 0.670. The van der Waals surface area contributed by atoms with Crippen molar-refractivity contribution in [2.45, 2.75) is 32.5 Å². The number of ether oxygens (including phenoxy) is 1. The number of carboxylic acid groups (broad SMARTS) is 1. The Morgan fingerprint density at radius 2 is 2.05 bits per heavy atom. The maximum atomic E-state index is 11.9. The summed E-state index contributed by atoms with van der Waals surface area (Å²) in [6.45, 7) is 3.78. The number of hydrogen-bond acceptors (Lipinski definition) is 3. The molecule has 1 aliphatic heterocycles. The number of hydrogen-bond donors (Lipinski definition) is 1. The van der Waals surface area contributed by atoms with Crippen LogP contribution in [0.4, 0.5) is 4.79 Å². The second-order valence-corrected chi connectivity index (χ2v) is 4.72. The minimum atomic E-state index is -1.13. The number of carbonyl (C=O) groups is 2. The fourth-order valence-electron chi connectivity index (χ4n) is 2.29. The van der Waals surface area contributed by atoms with Crippen LogP contribution in [0.3, 0.4) is 0 Å². The van der Waals surface area contributed by atoms with E-state index >= 15 is 0 Å². The van der Waals surface area contributed by atoms with Gasteiger partial charge in [-0.3, -0.25) is 4.90 Å². The third kappa shape index (κ3) is 2.41. The zero-order valence-corrected chi connectivity index (χ0v) is 10.9. The summed E-state index contributed by atoms with van der Waals surface area (Å²) in [5, 5.41) is 9.37. The fraction of sp³-hybridized carbons (Fsp3) is 0.429. The maximum Gasteiger partial charge on any atom is 0.411 e. The number of rotatable bonds is 3. The molecule has 1 aliphatic rings. The molecule has 1 aromatic rings. The molecule has 5 nitrogen and oxygen atoms in total. The van der Waals surface area contributed by atoms with Crippen LogP contribution in [0.2, 0.25) is 0 Å². The van der Waals surface area contributed by atoms with Crippen molar-refractivity contribution in [2.75, 3.05) is 0 Å². The molecule has 1 amide bonds. The van der Waals surface area contributed by atoms with Crippen LogP contribution in [0.1, 0.15) is 32.1 Å². The second kappa shape index (κ2) is 5.30. The van der Waals surface area contributed by atoms with E-state index < -0.39 is 24.3 Å². The highest BCUT2D eigenvalue weighted by atomic mass is 16.6. The lowest BCUT2D eigenvalue weighted by atomic mass is 9.98. The molecule has 0 bridgehead atoms. The fourth-order valence-corrected chi connectivity index (χ4v) is 2.29. The Labute approximate surface area is 111 Å². The predicted molar refractivity (Wildman–Crippen MR) is 68.4 cm³/mol. The predicted octanol–water partition coefficient (Wildman–Crippen LogP) is 2.64. The molecule has 1 heterocycles. The van der Waals surface area contributed by atoms with E-state index in [1.165, 1.54) is 0 Å². The Hall–Kier alpha value is -2.04. The summed E-state index contributed by atoms with van der Waals surface area (Å²) in [4.78, 5) is 24.5. The largest absolute Gasteiger partial charge is 0.465 e. The molecule has 0 aliphatic carbocycles. The first-order valence-corrected chi connectivity index (χ1v) is 6.33. The average molecular weight is 263 g/mol. The van der Waals surface area contributed by atoms with E-state index in [2.05, 4.69) is 0 Å². The zero-order valence-electron chi connectivity index (χ0n) is 10.9. The lowest BCUT2D eigenvalue weighted by molar-refractivity contribution is -0.143. The Balaban J connectivity index is 2.36. The number of benzene rings is 1. The van der Waals surface area contributed by atoms with Crippen molar-refractivity contribution in [2.24, 2.45) is 5.92 Å². The minimum absolute atomic E-state index is 0.0719. The Morgan fingerprint density at radius 1 is 1.42 bits per heavy atom. The van der Waals surface area contributed by atoms with Crippen molar-refractivity contribution in [3.63, 3.8) is 0 Å². The van der Waals surface area contributed by atoms with Crippen LogP contribution in [0.15, 0.2) is 30.3 Å². The van der Waals surface area contributed by atoms with Crippen molar-refractivity contribution in [3.05, 3.63) is 35.9 Å². The van der Waals surface area contributed by atoms with Crippen LogP contribution in [-0.2, 0) is 9.53 Å². The van der Waals surface area contributed by atoms with Crippen LogP contribution < -0.4 is 0 Å². The SMILES string of the molecule is CCC(C)C1C(=O)OC(c2ccccc2)N1C(=O)O. The van der Waals surface area contributed by atoms with Crippen molar-refractivity contribution in [1.29, 1.82) is 0 Å². The smallest absolute Gasteiger partial charge is 0.411 e. The summed E-state index contributed by atoms with van der Waals surface area (Å²) >= 11 is 0. The minimum Gasteiger partial charge on any atom is -0.465 e. The van der Waals surface area contributed by atoms with Crippen molar-refractivity contribution in [1.82, 2.24) is 4.90 Å². The molecule has 3 unspecified atom stereocenters. The van der Waals surface area contributed by atoms with Gasteiger partial charge in [0, 0.05) is 5.56 Å². The normalized spacial score (nSPS) is 24.1. The van der Waals surface area contributed by atoms with Crippen LogP contribution in [-0.4, -0.2) is 28.1 Å². The highest BCUT2D eigenvalue weighted by molar-refractivity contribution is 5.84. The molecule has 3 atom stereocenters. The summed E-state index contributed by atoms with van der Waals surface area (Å²) in [7, 11) is 0. The molecule has 19 heavy (non-hydrogen) atoms. The van der Waals surface area contributed by atoms with Gasteiger partial charge in [0.1, 0.15) is 6.04 Å². The molecule has 1 N–H and O–H groups in total. The van der Waals surface area contributed by atoms with E-state index in [1.807, 2.05) is 19.9 Å². The van der Waals surface area contributed by atoms with Crippen molar-refractivity contribution < 1.29 is 19.4 Å². The molecule has 5 heteroatoms. The first kappa shape index (κ1) is 13.4. The highest BCUT2D eigenvalue weighted by Gasteiger charge is 2.47. The van der Waals surface area contributed by atoms with E-state index in [-0.39, 0.29) is 5.92 Å². The quantitative estimate of drug-likeness (QED) is 0.851. The molecule has 0 spiro atoms. The lowest BCUT2D eigenvalue weighted by Gasteiger charge is -2.26. The van der Waals surface area contributed by atoms with Gasteiger partial charge < -0.3 is 9.84 Å². The lowest BCUT2D eigenvalue weighted by Crippen LogP contribution is -2.42. The van der Waals surface area contributed by atoms with Gasteiger partial charge in [-0.05, 0) is 5.92 Å². The summed E-state index contributed by atoms with van der Waals surface area (Å²) in [5.74, 6) is -0.539. The zero-order chi connectivity index (χ0) is 14.0. The van der Waals surface area contributed by atoms with Gasteiger partial charge in [0.2, 0.25) is 6.23 Å². The van der Waals surface area contributed by atoms with E-state index in [9.17, 15) is 14.7 Å². The van der Waals surface area contributed by atoms with Crippen molar-refractivity contribution in [3.8, 4) is 0 Å². The third-order valence-electron chi connectivity index (χ3n) is 3.51. The third-order valence-corrected chi connectivity index (χ3v) is 3.51. The van der Waals surface area contributed by atoms with Gasteiger partial charge in [0.05, 0.1) is 0 Å². The molecule has 2 rings (SSSR count). The number of cyclic esters (lactones) is 1. The molecule has 1 saturated heterocycles. The first-order valence-electron chi connectivity index (χ1n) is 6.33. The Kier molecular flexibility index (Phi) is 3.74. The molecule has 0 saturated carbocycles. The number of amides is 1. The average Bonchev–Trinajstić information content (AvgIpc) is 2.76. The molecular weight excluding hydrogens is 246 g/mol. The van der Waals surface area contributed by atoms with Crippen LogP contribution >= 0.6 is 0 Å². The molecule has 0 aromatic heterocycles. The van der Waals surface area contributed by atoms with Gasteiger partial charge in [-0.25, -0.2) is 9.59 Å². The van der Waals surface area contributed by atoms with Gasteiger partial charge in [-0.15, -0.1) is 0 Å². The van der Waals surface area contributed by atoms with E-state index in [4.69, 9.17) is 4.74 Å². The van der Waals surface area contributed by atoms with Crippen LogP contribution in [0.5, 0.6) is 0 Å². The highest BCUT2D eigenvalue weighted by Crippen LogP contribution is 2.35. The van der Waals surface area contributed by atoms with Gasteiger partial charge in [0.15, 0.2) is 0 Å². The second-order valence-electron chi connectivity index (χ2n) is 4.72.